The van der Waals surface area contributed by atoms with E-state index in [1.807, 2.05) is 33.8 Å². The van der Waals surface area contributed by atoms with Gasteiger partial charge in [-0.15, -0.1) is 0 Å². The van der Waals surface area contributed by atoms with Crippen LogP contribution in [0.15, 0.2) is 59.6 Å². The number of hydrogen-bond acceptors (Lipinski definition) is 5. The van der Waals surface area contributed by atoms with Crippen molar-refractivity contribution < 1.29 is 13.9 Å². The zero-order valence-electron chi connectivity index (χ0n) is 15.0. The number of aromatic nitrogens is 3. The van der Waals surface area contributed by atoms with Crippen LogP contribution in [-0.2, 0) is 29.1 Å². The molecule has 0 fully saturated rings. The molecule has 0 bridgehead atoms. The lowest BCUT2D eigenvalue weighted by Crippen LogP contribution is -2.42. The number of carbonyl (C=O) groups excluding carboxylic acids is 1. The van der Waals surface area contributed by atoms with Crippen molar-refractivity contribution in [1.82, 2.24) is 19.7 Å². The van der Waals surface area contributed by atoms with Gasteiger partial charge in [0.15, 0.2) is 0 Å². The minimum atomic E-state index is 0.0682. The lowest BCUT2D eigenvalue weighted by molar-refractivity contribution is -0.133. The Kier molecular flexibility index (Phi) is 5.29. The molecule has 0 radical (unpaired) electrons. The van der Waals surface area contributed by atoms with Crippen LogP contribution in [0, 0.1) is 0 Å². The van der Waals surface area contributed by atoms with E-state index in [4.69, 9.17) is 9.15 Å². The van der Waals surface area contributed by atoms with Crippen molar-refractivity contribution in [3.05, 3.63) is 72.2 Å². The molecule has 27 heavy (non-hydrogen) atoms. The van der Waals surface area contributed by atoms with E-state index in [0.29, 0.717) is 32.1 Å². The van der Waals surface area contributed by atoms with E-state index in [0.717, 1.165) is 17.7 Å². The quantitative estimate of drug-likeness (QED) is 0.601. The highest BCUT2D eigenvalue weighted by Gasteiger charge is 2.28. The van der Waals surface area contributed by atoms with Gasteiger partial charge in [-0.25, -0.2) is 0 Å². The van der Waals surface area contributed by atoms with Gasteiger partial charge in [-0.2, -0.15) is 5.10 Å². The molecular weight excluding hydrogens is 344 g/mol. The minimum Gasteiger partial charge on any atom is -0.469 e. The smallest absolute Gasteiger partial charge is 0.230 e. The molecule has 0 saturated carbocycles. The van der Waals surface area contributed by atoms with E-state index in [1.165, 1.54) is 0 Å². The molecule has 0 saturated heterocycles. The predicted octanol–water partition coefficient (Wildman–Crippen LogP) is 2.60. The van der Waals surface area contributed by atoms with Crippen LogP contribution in [-0.4, -0.2) is 38.7 Å². The second kappa shape index (κ2) is 8.18. The van der Waals surface area contributed by atoms with Crippen LogP contribution in [0.3, 0.4) is 0 Å². The summed E-state index contributed by atoms with van der Waals surface area (Å²) < 4.78 is 13.1. The number of pyridine rings is 1. The van der Waals surface area contributed by atoms with Crippen LogP contribution in [0.1, 0.15) is 29.5 Å². The van der Waals surface area contributed by atoms with Crippen LogP contribution < -0.4 is 0 Å². The van der Waals surface area contributed by atoms with Crippen LogP contribution in [0.25, 0.3) is 0 Å². The van der Waals surface area contributed by atoms with Gasteiger partial charge >= 0.3 is 0 Å². The Morgan fingerprint density at radius 2 is 2.22 bits per heavy atom. The highest BCUT2D eigenvalue weighted by Crippen LogP contribution is 2.24. The molecule has 0 N–H and O–H groups in total. The summed E-state index contributed by atoms with van der Waals surface area (Å²) in [6, 6.07) is 9.60. The molecule has 0 aromatic carbocycles. The van der Waals surface area contributed by atoms with Crippen molar-refractivity contribution in [3.63, 3.8) is 0 Å². The molecule has 7 heteroatoms. The number of nitrogens with zero attached hydrogens (tertiary/aromatic N) is 4. The fraction of sp³-hybridized carbons (Fsp3) is 0.350. The van der Waals surface area contributed by atoms with Gasteiger partial charge in [0.25, 0.3) is 0 Å². The summed E-state index contributed by atoms with van der Waals surface area (Å²) in [4.78, 5) is 18.6. The lowest BCUT2D eigenvalue weighted by Gasteiger charge is -2.34. The minimum absolute atomic E-state index is 0.0682. The Hall–Kier alpha value is -2.93. The molecular formula is C20H22N4O3. The first-order valence-corrected chi connectivity index (χ1v) is 9.09. The van der Waals surface area contributed by atoms with Gasteiger partial charge in [0.05, 0.1) is 37.6 Å². The van der Waals surface area contributed by atoms with E-state index < -0.39 is 0 Å². The van der Waals surface area contributed by atoms with E-state index >= 15 is 0 Å². The third kappa shape index (κ3) is 4.25. The standard InChI is InChI=1S/C20H22N4O3/c25-20(11-19-4-2-9-27-19)23-13-17-5-8-22-24(17)18(14-23)6-10-26-15-16-3-1-7-21-12-16/h1-5,7-9,12,18H,6,10-11,13-15H2/t18-/m1/s1. The SMILES string of the molecule is O=C(Cc1ccco1)N1Cc2ccnn2[C@H](CCOCc2cccnc2)C1. The summed E-state index contributed by atoms with van der Waals surface area (Å²) in [5.74, 6) is 0.758. The Morgan fingerprint density at radius 3 is 3.04 bits per heavy atom. The third-order valence-electron chi connectivity index (χ3n) is 4.73. The maximum atomic E-state index is 12.7. The van der Waals surface area contributed by atoms with Crippen LogP contribution in [0.5, 0.6) is 0 Å². The number of hydrogen-bond donors (Lipinski definition) is 0. The number of ether oxygens (including phenoxy) is 1. The van der Waals surface area contributed by atoms with Gasteiger partial charge < -0.3 is 14.1 Å². The van der Waals surface area contributed by atoms with Crippen molar-refractivity contribution in [1.29, 1.82) is 0 Å². The summed E-state index contributed by atoms with van der Waals surface area (Å²) in [5, 5.41) is 4.44. The van der Waals surface area contributed by atoms with Crippen molar-refractivity contribution in [3.8, 4) is 0 Å². The Labute approximate surface area is 157 Å². The monoisotopic (exact) mass is 366 g/mol. The van der Waals surface area contributed by atoms with Crippen molar-refractivity contribution in [2.24, 2.45) is 0 Å². The van der Waals surface area contributed by atoms with Crippen molar-refractivity contribution >= 4 is 5.91 Å². The first-order chi connectivity index (χ1) is 13.3. The van der Waals surface area contributed by atoms with Crippen molar-refractivity contribution in [2.75, 3.05) is 13.2 Å². The maximum Gasteiger partial charge on any atom is 0.230 e. The summed E-state index contributed by atoms with van der Waals surface area (Å²) in [6.45, 7) is 2.34. The average molecular weight is 366 g/mol. The van der Waals surface area contributed by atoms with E-state index in [-0.39, 0.29) is 18.4 Å². The lowest BCUT2D eigenvalue weighted by atomic mass is 10.1. The van der Waals surface area contributed by atoms with E-state index in [9.17, 15) is 4.79 Å². The zero-order valence-corrected chi connectivity index (χ0v) is 15.0. The largest absolute Gasteiger partial charge is 0.469 e. The number of carbonyl (C=O) groups is 1. The van der Waals surface area contributed by atoms with E-state index in [1.54, 1.807) is 30.9 Å². The molecule has 1 amide bonds. The highest BCUT2D eigenvalue weighted by atomic mass is 16.5. The first kappa shape index (κ1) is 17.5. The number of fused-ring (bicyclic) bond motifs is 1. The van der Waals surface area contributed by atoms with Gasteiger partial charge in [-0.05, 0) is 36.2 Å². The van der Waals surface area contributed by atoms with Gasteiger partial charge in [-0.3, -0.25) is 14.5 Å². The molecule has 1 atom stereocenters. The van der Waals surface area contributed by atoms with Crippen LogP contribution >= 0.6 is 0 Å². The topological polar surface area (TPSA) is 73.4 Å². The Balaban J connectivity index is 1.34. The Morgan fingerprint density at radius 1 is 1.26 bits per heavy atom. The van der Waals surface area contributed by atoms with Crippen LogP contribution in [0.4, 0.5) is 0 Å². The second-order valence-corrected chi connectivity index (χ2v) is 6.65. The molecule has 0 unspecified atom stereocenters. The van der Waals surface area contributed by atoms with Crippen molar-refractivity contribution in [2.45, 2.75) is 32.0 Å². The Bertz CT molecular complexity index is 861. The summed E-state index contributed by atoms with van der Waals surface area (Å²) >= 11 is 0. The second-order valence-electron chi connectivity index (χ2n) is 6.65. The molecule has 1 aliphatic heterocycles. The molecule has 0 aliphatic carbocycles. The average Bonchev–Trinajstić information content (AvgIpc) is 3.37. The summed E-state index contributed by atoms with van der Waals surface area (Å²) in [7, 11) is 0. The normalized spacial score (nSPS) is 16.3. The van der Waals surface area contributed by atoms with Gasteiger partial charge in [0.1, 0.15) is 5.76 Å². The van der Waals surface area contributed by atoms with E-state index in [2.05, 4.69) is 10.1 Å². The molecule has 4 rings (SSSR count). The van der Waals surface area contributed by atoms with Gasteiger partial charge in [-0.1, -0.05) is 6.07 Å². The molecule has 3 aromatic rings. The summed E-state index contributed by atoms with van der Waals surface area (Å²) in [5.41, 5.74) is 2.10. The van der Waals surface area contributed by atoms with Gasteiger partial charge in [0, 0.05) is 31.7 Å². The fourth-order valence-corrected chi connectivity index (χ4v) is 3.36. The third-order valence-corrected chi connectivity index (χ3v) is 4.73. The molecule has 0 spiro atoms. The molecule has 4 heterocycles. The molecule has 7 nitrogen and oxygen atoms in total. The maximum absolute atomic E-state index is 12.7. The molecule has 3 aromatic heterocycles. The number of rotatable bonds is 7. The molecule has 140 valence electrons. The molecule has 1 aliphatic rings. The summed E-state index contributed by atoms with van der Waals surface area (Å²) in [6.07, 6.45) is 8.01. The van der Waals surface area contributed by atoms with Gasteiger partial charge in [0.2, 0.25) is 5.91 Å². The predicted molar refractivity (Wildman–Crippen MR) is 97.6 cm³/mol. The number of amides is 1. The highest BCUT2D eigenvalue weighted by molar-refractivity contribution is 5.78. The number of furan rings is 1. The fourth-order valence-electron chi connectivity index (χ4n) is 3.36. The zero-order chi connectivity index (χ0) is 18.5. The van der Waals surface area contributed by atoms with Crippen LogP contribution in [0.2, 0.25) is 0 Å². The first-order valence-electron chi connectivity index (χ1n) is 9.09.